The maximum Gasteiger partial charge on any atom is 0.0933 e. The summed E-state index contributed by atoms with van der Waals surface area (Å²) in [5.41, 5.74) is 5.40. The van der Waals surface area contributed by atoms with E-state index in [1.165, 1.54) is 0 Å². The Hall–Kier alpha value is -0.970. The monoisotopic (exact) mass is 124 g/mol. The Balaban J connectivity index is 3.20. The van der Waals surface area contributed by atoms with Crippen molar-refractivity contribution in [1.82, 2.24) is 0 Å². The van der Waals surface area contributed by atoms with Crippen LogP contribution in [-0.4, -0.2) is 12.9 Å². The zero-order valence-corrected chi connectivity index (χ0v) is 5.72. The van der Waals surface area contributed by atoms with Gasteiger partial charge in [0.05, 0.1) is 5.84 Å². The number of nitrogens with two attached hydrogens (primary N) is 1. The summed E-state index contributed by atoms with van der Waals surface area (Å²) in [4.78, 5) is 3.79. The number of aliphatic imine (C=N–C) groups is 1. The molecular formula is C7H12N2. The van der Waals surface area contributed by atoms with Gasteiger partial charge in [0.1, 0.15) is 0 Å². The van der Waals surface area contributed by atoms with E-state index >= 15 is 0 Å². The van der Waals surface area contributed by atoms with Crippen LogP contribution >= 0.6 is 0 Å². The molecule has 0 aromatic rings. The zero-order valence-electron chi connectivity index (χ0n) is 5.72. The van der Waals surface area contributed by atoms with Crippen molar-refractivity contribution in [2.24, 2.45) is 10.7 Å². The van der Waals surface area contributed by atoms with Gasteiger partial charge in [-0.15, -0.1) is 12.3 Å². The standard InChI is InChI=1S/C7H12N2/c1-3-4-5-6-7(8)9-2/h1H,4-6H2,2H3,(H2,8,9). The number of unbranched alkanes of at least 4 members (excludes halogenated alkanes) is 1. The molecule has 2 N–H and O–H groups in total. The first-order valence-corrected chi connectivity index (χ1v) is 2.96. The summed E-state index contributed by atoms with van der Waals surface area (Å²) in [6.07, 6.45) is 7.58. The molecule has 2 nitrogen and oxygen atoms in total. The van der Waals surface area contributed by atoms with Crippen LogP contribution in [0.4, 0.5) is 0 Å². The van der Waals surface area contributed by atoms with Crippen LogP contribution in [0, 0.1) is 12.3 Å². The maximum absolute atomic E-state index is 5.40. The van der Waals surface area contributed by atoms with E-state index in [1.54, 1.807) is 7.05 Å². The molecule has 0 bridgehead atoms. The van der Waals surface area contributed by atoms with Crippen LogP contribution in [0.25, 0.3) is 0 Å². The molecule has 9 heavy (non-hydrogen) atoms. The topological polar surface area (TPSA) is 38.4 Å². The van der Waals surface area contributed by atoms with Gasteiger partial charge in [0, 0.05) is 19.9 Å². The summed E-state index contributed by atoms with van der Waals surface area (Å²) in [6, 6.07) is 0. The van der Waals surface area contributed by atoms with Crippen LogP contribution < -0.4 is 5.73 Å². The largest absolute Gasteiger partial charge is 0.387 e. The Bertz CT molecular complexity index is 130. The number of rotatable bonds is 3. The summed E-state index contributed by atoms with van der Waals surface area (Å²) in [5, 5.41) is 0. The van der Waals surface area contributed by atoms with Crippen LogP contribution in [0.5, 0.6) is 0 Å². The van der Waals surface area contributed by atoms with Gasteiger partial charge < -0.3 is 5.73 Å². The fourth-order valence-electron chi connectivity index (χ4n) is 0.483. The number of nitrogens with zero attached hydrogens (tertiary/aromatic N) is 1. The van der Waals surface area contributed by atoms with Crippen molar-refractivity contribution >= 4 is 5.84 Å². The van der Waals surface area contributed by atoms with Gasteiger partial charge in [-0.2, -0.15) is 0 Å². The minimum absolute atomic E-state index is 0.685. The number of terminal acetylenes is 1. The van der Waals surface area contributed by atoms with Crippen LogP contribution in [0.15, 0.2) is 4.99 Å². The van der Waals surface area contributed by atoms with E-state index in [-0.39, 0.29) is 0 Å². The molecule has 0 radical (unpaired) electrons. The fraction of sp³-hybridized carbons (Fsp3) is 0.571. The first kappa shape index (κ1) is 8.03. The Morgan fingerprint density at radius 1 is 1.78 bits per heavy atom. The van der Waals surface area contributed by atoms with Crippen molar-refractivity contribution in [1.29, 1.82) is 0 Å². The van der Waals surface area contributed by atoms with Crippen molar-refractivity contribution < 1.29 is 0 Å². The second-order valence-corrected chi connectivity index (χ2v) is 1.77. The minimum atomic E-state index is 0.685. The maximum atomic E-state index is 5.40. The van der Waals surface area contributed by atoms with Gasteiger partial charge in [-0.05, 0) is 6.42 Å². The molecule has 0 aromatic carbocycles. The van der Waals surface area contributed by atoms with Crippen LogP contribution in [0.2, 0.25) is 0 Å². The van der Waals surface area contributed by atoms with Crippen molar-refractivity contribution in [3.05, 3.63) is 0 Å². The molecule has 50 valence electrons. The first-order chi connectivity index (χ1) is 4.31. The molecule has 0 aromatic heterocycles. The Morgan fingerprint density at radius 3 is 2.89 bits per heavy atom. The zero-order chi connectivity index (χ0) is 7.11. The third-order valence-corrected chi connectivity index (χ3v) is 1.04. The molecule has 0 heterocycles. The van der Waals surface area contributed by atoms with E-state index in [0.29, 0.717) is 5.84 Å². The molecule has 0 saturated heterocycles. The molecule has 0 atom stereocenters. The first-order valence-electron chi connectivity index (χ1n) is 2.96. The lowest BCUT2D eigenvalue weighted by molar-refractivity contribution is 0.904. The molecular weight excluding hydrogens is 112 g/mol. The average molecular weight is 124 g/mol. The summed E-state index contributed by atoms with van der Waals surface area (Å²) in [6.45, 7) is 0. The average Bonchev–Trinajstić information content (AvgIpc) is 1.89. The van der Waals surface area contributed by atoms with Gasteiger partial charge in [0.25, 0.3) is 0 Å². The van der Waals surface area contributed by atoms with Crippen molar-refractivity contribution in [2.45, 2.75) is 19.3 Å². The molecule has 0 aliphatic carbocycles. The Labute approximate surface area is 56.2 Å². The SMILES string of the molecule is C#CCCCC(N)=NC. The number of amidine groups is 1. The van der Waals surface area contributed by atoms with Gasteiger partial charge in [-0.25, -0.2) is 0 Å². The molecule has 0 spiro atoms. The van der Waals surface area contributed by atoms with Crippen molar-refractivity contribution in [3.8, 4) is 12.3 Å². The van der Waals surface area contributed by atoms with E-state index in [1.807, 2.05) is 0 Å². The highest BCUT2D eigenvalue weighted by Crippen LogP contribution is 1.92. The number of hydrogen-bond donors (Lipinski definition) is 1. The summed E-state index contributed by atoms with van der Waals surface area (Å²) >= 11 is 0. The molecule has 0 aliphatic rings. The van der Waals surface area contributed by atoms with E-state index in [9.17, 15) is 0 Å². The van der Waals surface area contributed by atoms with Crippen LogP contribution in [0.3, 0.4) is 0 Å². The molecule has 0 unspecified atom stereocenters. The fourth-order valence-corrected chi connectivity index (χ4v) is 0.483. The molecule has 0 aliphatic heterocycles. The number of hydrogen-bond acceptors (Lipinski definition) is 1. The molecule has 0 rings (SSSR count). The highest BCUT2D eigenvalue weighted by atomic mass is 14.8. The lowest BCUT2D eigenvalue weighted by Gasteiger charge is -1.93. The van der Waals surface area contributed by atoms with Gasteiger partial charge in [-0.3, -0.25) is 4.99 Å². The summed E-state index contributed by atoms with van der Waals surface area (Å²) in [5.74, 6) is 3.22. The molecule has 0 saturated carbocycles. The Morgan fingerprint density at radius 2 is 2.44 bits per heavy atom. The predicted molar refractivity (Wildman–Crippen MR) is 40.2 cm³/mol. The smallest absolute Gasteiger partial charge is 0.0933 e. The predicted octanol–water partition coefficient (Wildman–Crippen LogP) is 0.777. The minimum Gasteiger partial charge on any atom is -0.387 e. The van der Waals surface area contributed by atoms with Crippen molar-refractivity contribution in [3.63, 3.8) is 0 Å². The highest BCUT2D eigenvalue weighted by Gasteiger charge is 1.87. The van der Waals surface area contributed by atoms with E-state index in [4.69, 9.17) is 12.2 Å². The van der Waals surface area contributed by atoms with Crippen LogP contribution in [0.1, 0.15) is 19.3 Å². The van der Waals surface area contributed by atoms with Gasteiger partial charge in [-0.1, -0.05) is 0 Å². The van der Waals surface area contributed by atoms with Gasteiger partial charge >= 0.3 is 0 Å². The lowest BCUT2D eigenvalue weighted by Crippen LogP contribution is -2.10. The third kappa shape index (κ3) is 4.89. The molecule has 0 amide bonds. The highest BCUT2D eigenvalue weighted by molar-refractivity contribution is 5.80. The van der Waals surface area contributed by atoms with Crippen molar-refractivity contribution in [2.75, 3.05) is 7.05 Å². The molecule has 2 heteroatoms. The Kier molecular flexibility index (Phi) is 4.61. The van der Waals surface area contributed by atoms with E-state index in [2.05, 4.69) is 10.9 Å². The third-order valence-electron chi connectivity index (χ3n) is 1.04. The van der Waals surface area contributed by atoms with Crippen LogP contribution in [-0.2, 0) is 0 Å². The second-order valence-electron chi connectivity index (χ2n) is 1.77. The normalized spacial score (nSPS) is 10.9. The summed E-state index contributed by atoms with van der Waals surface area (Å²) in [7, 11) is 1.69. The second kappa shape index (κ2) is 5.17. The van der Waals surface area contributed by atoms with E-state index in [0.717, 1.165) is 19.3 Å². The molecule has 0 fully saturated rings. The van der Waals surface area contributed by atoms with Gasteiger partial charge in [0.15, 0.2) is 0 Å². The van der Waals surface area contributed by atoms with Gasteiger partial charge in [0.2, 0.25) is 0 Å². The lowest BCUT2D eigenvalue weighted by atomic mass is 10.2. The van der Waals surface area contributed by atoms with E-state index < -0.39 is 0 Å². The quantitative estimate of drug-likeness (QED) is 0.257. The summed E-state index contributed by atoms with van der Waals surface area (Å²) < 4.78 is 0.